The van der Waals surface area contributed by atoms with E-state index in [1.54, 1.807) is 30.6 Å². The predicted octanol–water partition coefficient (Wildman–Crippen LogP) is 2.29. The van der Waals surface area contributed by atoms with Crippen molar-refractivity contribution in [1.82, 2.24) is 15.3 Å². The molecule has 22 heavy (non-hydrogen) atoms. The maximum absolute atomic E-state index is 13.7. The number of nitrogens with one attached hydrogen (secondary N) is 2. The summed E-state index contributed by atoms with van der Waals surface area (Å²) >= 11 is 5.10. The molecule has 3 heterocycles. The smallest absolute Gasteiger partial charge is 0.254 e. The van der Waals surface area contributed by atoms with Gasteiger partial charge in [-0.15, -0.1) is 0 Å². The van der Waals surface area contributed by atoms with Crippen molar-refractivity contribution in [2.75, 3.05) is 18.0 Å². The molecule has 7 heteroatoms. The van der Waals surface area contributed by atoms with Gasteiger partial charge in [-0.05, 0) is 30.7 Å². The summed E-state index contributed by atoms with van der Waals surface area (Å²) in [4.78, 5) is 21.0. The summed E-state index contributed by atoms with van der Waals surface area (Å²) in [5.74, 6) is -0.230. The Morgan fingerprint density at radius 1 is 1.45 bits per heavy atom. The first kappa shape index (κ1) is 14.6. The molecule has 1 unspecified atom stereocenters. The summed E-state index contributed by atoms with van der Waals surface area (Å²) in [6.45, 7) is 1.18. The summed E-state index contributed by atoms with van der Waals surface area (Å²) in [7, 11) is 0. The van der Waals surface area contributed by atoms with Crippen LogP contribution in [0.2, 0.25) is 0 Å². The van der Waals surface area contributed by atoms with Crippen LogP contribution in [0.3, 0.4) is 0 Å². The zero-order valence-corrected chi connectivity index (χ0v) is 12.6. The predicted molar refractivity (Wildman–Crippen MR) is 83.9 cm³/mol. The topological polar surface area (TPSA) is 61.0 Å². The highest BCUT2D eigenvalue weighted by Crippen LogP contribution is 2.21. The van der Waals surface area contributed by atoms with Gasteiger partial charge in [-0.3, -0.25) is 4.79 Å². The number of rotatable bonds is 3. The van der Waals surface area contributed by atoms with Crippen LogP contribution in [0.5, 0.6) is 0 Å². The zero-order valence-electron chi connectivity index (χ0n) is 11.8. The van der Waals surface area contributed by atoms with Gasteiger partial charge in [0.05, 0.1) is 5.56 Å². The molecule has 1 aliphatic heterocycles. The first-order valence-corrected chi connectivity index (χ1v) is 7.40. The first-order chi connectivity index (χ1) is 10.6. The zero-order chi connectivity index (χ0) is 15.5. The third kappa shape index (κ3) is 2.99. The monoisotopic (exact) mass is 318 g/mol. The van der Waals surface area contributed by atoms with E-state index in [0.717, 1.165) is 6.42 Å². The number of halogens is 1. The second-order valence-corrected chi connectivity index (χ2v) is 5.54. The molecule has 0 bridgehead atoms. The Kier molecular flexibility index (Phi) is 4.15. The maximum Gasteiger partial charge on any atom is 0.254 e. The molecule has 0 spiro atoms. The summed E-state index contributed by atoms with van der Waals surface area (Å²) in [5, 5.41) is 2.94. The number of anilines is 1. The van der Waals surface area contributed by atoms with Gasteiger partial charge in [0.2, 0.25) is 0 Å². The van der Waals surface area contributed by atoms with Gasteiger partial charge in [-0.1, -0.05) is 12.2 Å². The average molecular weight is 318 g/mol. The molecule has 0 radical (unpaired) electrons. The summed E-state index contributed by atoms with van der Waals surface area (Å²) in [6, 6.07) is 6.31. The molecule has 0 aliphatic carbocycles. The second-order valence-electron chi connectivity index (χ2n) is 5.13. The van der Waals surface area contributed by atoms with E-state index in [4.69, 9.17) is 12.2 Å². The third-order valence-corrected chi connectivity index (χ3v) is 3.96. The minimum absolute atomic E-state index is 0.0523. The fourth-order valence-corrected chi connectivity index (χ4v) is 2.77. The SMILES string of the molecule is O=C(NC1CCN(c2ncccc2F)C1)c1ccc[nH]c1=S. The average Bonchev–Trinajstić information content (AvgIpc) is 2.96. The summed E-state index contributed by atoms with van der Waals surface area (Å²) in [6.07, 6.45) is 3.99. The quantitative estimate of drug-likeness (QED) is 0.853. The minimum atomic E-state index is -0.347. The van der Waals surface area contributed by atoms with Crippen molar-refractivity contribution >= 4 is 23.9 Å². The van der Waals surface area contributed by atoms with Crippen molar-refractivity contribution in [3.8, 4) is 0 Å². The van der Waals surface area contributed by atoms with Crippen LogP contribution in [0.4, 0.5) is 10.2 Å². The molecule has 1 saturated heterocycles. The number of aromatic nitrogens is 2. The summed E-state index contributed by atoms with van der Waals surface area (Å²) < 4.78 is 14.1. The Balaban J connectivity index is 1.67. The van der Waals surface area contributed by atoms with Crippen LogP contribution in [-0.4, -0.2) is 35.0 Å². The van der Waals surface area contributed by atoms with Gasteiger partial charge in [-0.2, -0.15) is 0 Å². The molecular formula is C15H15FN4OS. The van der Waals surface area contributed by atoms with Crippen LogP contribution in [0.15, 0.2) is 36.7 Å². The van der Waals surface area contributed by atoms with Crippen molar-refractivity contribution in [2.24, 2.45) is 0 Å². The molecular weight excluding hydrogens is 303 g/mol. The lowest BCUT2D eigenvalue weighted by Gasteiger charge is -2.18. The highest BCUT2D eigenvalue weighted by molar-refractivity contribution is 7.71. The number of hydrogen-bond acceptors (Lipinski definition) is 4. The lowest BCUT2D eigenvalue weighted by atomic mass is 10.2. The van der Waals surface area contributed by atoms with Crippen molar-refractivity contribution < 1.29 is 9.18 Å². The standard InChI is InChI=1S/C15H15FN4OS/c16-12-4-2-6-17-13(12)20-8-5-10(9-20)19-14(21)11-3-1-7-18-15(11)22/h1-4,6-7,10H,5,8-9H2,(H,18,22)(H,19,21). The summed E-state index contributed by atoms with van der Waals surface area (Å²) in [5.41, 5.74) is 0.444. The number of pyridine rings is 2. The Labute approximate surface area is 132 Å². The Hall–Kier alpha value is -2.28. The molecule has 0 aromatic carbocycles. The van der Waals surface area contributed by atoms with E-state index in [1.165, 1.54) is 6.07 Å². The fourth-order valence-electron chi connectivity index (χ4n) is 2.54. The molecule has 1 amide bonds. The van der Waals surface area contributed by atoms with Gasteiger partial charge in [0.25, 0.3) is 5.91 Å². The molecule has 2 N–H and O–H groups in total. The third-order valence-electron chi connectivity index (χ3n) is 3.62. The van der Waals surface area contributed by atoms with E-state index in [9.17, 15) is 9.18 Å². The molecule has 1 fully saturated rings. The van der Waals surface area contributed by atoms with Crippen LogP contribution < -0.4 is 10.2 Å². The van der Waals surface area contributed by atoms with E-state index in [1.807, 2.05) is 4.90 Å². The second kappa shape index (κ2) is 6.23. The first-order valence-electron chi connectivity index (χ1n) is 6.99. The molecule has 1 atom stereocenters. The largest absolute Gasteiger partial charge is 0.352 e. The van der Waals surface area contributed by atoms with Gasteiger partial charge < -0.3 is 15.2 Å². The van der Waals surface area contributed by atoms with E-state index in [0.29, 0.717) is 29.1 Å². The Morgan fingerprint density at radius 3 is 3.09 bits per heavy atom. The normalized spacial score (nSPS) is 17.5. The molecule has 0 saturated carbocycles. The molecule has 2 aromatic heterocycles. The van der Waals surface area contributed by atoms with Gasteiger partial charge in [0, 0.05) is 31.5 Å². The van der Waals surface area contributed by atoms with E-state index >= 15 is 0 Å². The van der Waals surface area contributed by atoms with E-state index < -0.39 is 0 Å². The molecule has 5 nitrogen and oxygen atoms in total. The lowest BCUT2D eigenvalue weighted by molar-refractivity contribution is 0.0939. The van der Waals surface area contributed by atoms with Crippen molar-refractivity contribution in [3.63, 3.8) is 0 Å². The van der Waals surface area contributed by atoms with Crippen LogP contribution in [-0.2, 0) is 0 Å². The molecule has 2 aromatic rings. The highest BCUT2D eigenvalue weighted by atomic mass is 32.1. The van der Waals surface area contributed by atoms with Gasteiger partial charge in [0.1, 0.15) is 4.64 Å². The number of carbonyl (C=O) groups excluding carboxylic acids is 1. The fraction of sp³-hybridized carbons (Fsp3) is 0.267. The number of aromatic amines is 1. The van der Waals surface area contributed by atoms with Crippen LogP contribution in [0, 0.1) is 10.5 Å². The minimum Gasteiger partial charge on any atom is -0.352 e. The van der Waals surface area contributed by atoms with Crippen LogP contribution >= 0.6 is 12.2 Å². The van der Waals surface area contributed by atoms with Gasteiger partial charge >= 0.3 is 0 Å². The lowest BCUT2D eigenvalue weighted by Crippen LogP contribution is -2.37. The number of H-pyrrole nitrogens is 1. The van der Waals surface area contributed by atoms with Crippen LogP contribution in [0.25, 0.3) is 0 Å². The number of amides is 1. The molecule has 3 rings (SSSR count). The van der Waals surface area contributed by atoms with Crippen molar-refractivity contribution in [1.29, 1.82) is 0 Å². The number of carbonyl (C=O) groups is 1. The van der Waals surface area contributed by atoms with Gasteiger partial charge in [0.15, 0.2) is 11.6 Å². The van der Waals surface area contributed by atoms with E-state index in [2.05, 4.69) is 15.3 Å². The number of hydrogen-bond donors (Lipinski definition) is 2. The maximum atomic E-state index is 13.7. The molecule has 114 valence electrons. The Bertz CT molecular complexity index is 748. The Morgan fingerprint density at radius 2 is 2.32 bits per heavy atom. The van der Waals surface area contributed by atoms with E-state index in [-0.39, 0.29) is 17.8 Å². The van der Waals surface area contributed by atoms with Gasteiger partial charge in [-0.25, -0.2) is 9.37 Å². The molecule has 1 aliphatic rings. The van der Waals surface area contributed by atoms with Crippen molar-refractivity contribution in [3.05, 3.63) is 52.7 Å². The highest BCUT2D eigenvalue weighted by Gasteiger charge is 2.26. The van der Waals surface area contributed by atoms with Crippen molar-refractivity contribution in [2.45, 2.75) is 12.5 Å². The van der Waals surface area contributed by atoms with Crippen LogP contribution in [0.1, 0.15) is 16.8 Å². The number of nitrogens with zero attached hydrogens (tertiary/aromatic N) is 2.